The second-order valence-corrected chi connectivity index (χ2v) is 5.34. The van der Waals surface area contributed by atoms with Crippen molar-refractivity contribution in [3.63, 3.8) is 0 Å². The quantitative estimate of drug-likeness (QED) is 0.554. The van der Waals surface area contributed by atoms with Crippen LogP contribution in [0.15, 0.2) is 36.0 Å². The Hall–Kier alpha value is -0.780. The van der Waals surface area contributed by atoms with E-state index in [1.54, 1.807) is 5.57 Å². The minimum absolute atomic E-state index is 0.664. The third kappa shape index (κ3) is 2.25. The van der Waals surface area contributed by atoms with E-state index in [2.05, 4.69) is 51.2 Å². The van der Waals surface area contributed by atoms with Crippen LogP contribution in [0.4, 0.5) is 0 Å². The van der Waals surface area contributed by atoms with Crippen LogP contribution in [-0.2, 0) is 0 Å². The summed E-state index contributed by atoms with van der Waals surface area (Å²) in [6, 6.07) is 0. The van der Waals surface area contributed by atoms with Crippen molar-refractivity contribution in [1.82, 2.24) is 0 Å². The lowest BCUT2D eigenvalue weighted by molar-refractivity contribution is 0.388. The van der Waals surface area contributed by atoms with Crippen LogP contribution < -0.4 is 0 Å². The van der Waals surface area contributed by atoms with E-state index in [0.717, 1.165) is 11.8 Å². The van der Waals surface area contributed by atoms with Crippen LogP contribution in [0.1, 0.15) is 33.6 Å². The van der Waals surface area contributed by atoms with E-state index in [-0.39, 0.29) is 0 Å². The van der Waals surface area contributed by atoms with Crippen molar-refractivity contribution in [2.45, 2.75) is 33.6 Å². The van der Waals surface area contributed by atoms with Crippen LogP contribution >= 0.6 is 0 Å². The largest absolute Gasteiger partial charge is 0.0842 e. The molecule has 0 fully saturated rings. The van der Waals surface area contributed by atoms with Crippen LogP contribution in [0.5, 0.6) is 0 Å². The van der Waals surface area contributed by atoms with Crippen molar-refractivity contribution in [3.05, 3.63) is 36.0 Å². The molecular weight excluding hydrogens is 180 g/mol. The van der Waals surface area contributed by atoms with Gasteiger partial charge in [0.1, 0.15) is 0 Å². The van der Waals surface area contributed by atoms with E-state index in [0.29, 0.717) is 11.8 Å². The minimum Gasteiger partial charge on any atom is -0.0842 e. The molecule has 0 aromatic rings. The first-order valence-electron chi connectivity index (χ1n) is 6.23. The minimum atomic E-state index is 0.664. The first-order chi connectivity index (χ1) is 7.18. The SMILES string of the molecule is CC1CC=C(C2C=CC=CC2C)C(C)C1. The van der Waals surface area contributed by atoms with Gasteiger partial charge in [0.05, 0.1) is 0 Å². The maximum Gasteiger partial charge on any atom is 0.00428 e. The predicted molar refractivity (Wildman–Crippen MR) is 66.6 cm³/mol. The topological polar surface area (TPSA) is 0 Å². The lowest BCUT2D eigenvalue weighted by Crippen LogP contribution is -2.21. The van der Waals surface area contributed by atoms with Gasteiger partial charge in [-0.05, 0) is 30.6 Å². The van der Waals surface area contributed by atoms with Gasteiger partial charge >= 0.3 is 0 Å². The van der Waals surface area contributed by atoms with Gasteiger partial charge < -0.3 is 0 Å². The standard InChI is InChI=1S/C15H22/c1-11-8-9-15(13(3)10-11)14-7-5-4-6-12(14)2/h4-7,9,11-14H,8,10H2,1-3H3. The summed E-state index contributed by atoms with van der Waals surface area (Å²) < 4.78 is 0. The van der Waals surface area contributed by atoms with Crippen molar-refractivity contribution in [2.24, 2.45) is 23.7 Å². The molecule has 0 saturated heterocycles. The second-order valence-electron chi connectivity index (χ2n) is 5.34. The van der Waals surface area contributed by atoms with Crippen LogP contribution in [0.25, 0.3) is 0 Å². The highest BCUT2D eigenvalue weighted by atomic mass is 14.3. The molecule has 0 N–H and O–H groups in total. The number of hydrogen-bond acceptors (Lipinski definition) is 0. The van der Waals surface area contributed by atoms with Gasteiger partial charge in [0.15, 0.2) is 0 Å². The molecule has 0 aromatic carbocycles. The Kier molecular flexibility index (Phi) is 3.14. The van der Waals surface area contributed by atoms with E-state index in [1.807, 2.05) is 0 Å². The summed E-state index contributed by atoms with van der Waals surface area (Å²) in [5.74, 6) is 2.99. The van der Waals surface area contributed by atoms with Crippen molar-refractivity contribution in [3.8, 4) is 0 Å². The first-order valence-corrected chi connectivity index (χ1v) is 6.23. The Morgan fingerprint density at radius 3 is 2.47 bits per heavy atom. The molecule has 0 aliphatic heterocycles. The van der Waals surface area contributed by atoms with E-state index >= 15 is 0 Å². The van der Waals surface area contributed by atoms with Crippen LogP contribution in [0, 0.1) is 23.7 Å². The van der Waals surface area contributed by atoms with Crippen LogP contribution in [-0.4, -0.2) is 0 Å². The summed E-state index contributed by atoms with van der Waals surface area (Å²) in [4.78, 5) is 0. The number of rotatable bonds is 1. The zero-order chi connectivity index (χ0) is 10.8. The molecule has 0 amide bonds. The smallest absolute Gasteiger partial charge is 0.00428 e. The zero-order valence-corrected chi connectivity index (χ0v) is 10.1. The predicted octanol–water partition coefficient (Wildman–Crippen LogP) is 4.36. The van der Waals surface area contributed by atoms with E-state index in [1.165, 1.54) is 12.8 Å². The van der Waals surface area contributed by atoms with Gasteiger partial charge in [-0.3, -0.25) is 0 Å². The monoisotopic (exact) mass is 202 g/mol. The molecule has 4 atom stereocenters. The lowest BCUT2D eigenvalue weighted by Gasteiger charge is -2.32. The fourth-order valence-electron chi connectivity index (χ4n) is 2.97. The van der Waals surface area contributed by atoms with Gasteiger partial charge in [0.25, 0.3) is 0 Å². The van der Waals surface area contributed by atoms with Crippen molar-refractivity contribution < 1.29 is 0 Å². The molecule has 0 bridgehead atoms. The average Bonchev–Trinajstić information content (AvgIpc) is 2.20. The number of allylic oxidation sites excluding steroid dienone is 6. The third-order valence-corrected chi connectivity index (χ3v) is 3.88. The van der Waals surface area contributed by atoms with Gasteiger partial charge in [-0.2, -0.15) is 0 Å². The molecule has 0 radical (unpaired) electrons. The summed E-state index contributed by atoms with van der Waals surface area (Å²) in [6.07, 6.45) is 14.2. The van der Waals surface area contributed by atoms with E-state index in [9.17, 15) is 0 Å². The summed E-state index contributed by atoms with van der Waals surface area (Å²) in [5.41, 5.74) is 1.68. The van der Waals surface area contributed by atoms with Gasteiger partial charge in [-0.25, -0.2) is 0 Å². The molecule has 82 valence electrons. The third-order valence-electron chi connectivity index (χ3n) is 3.88. The molecule has 0 spiro atoms. The molecule has 2 aliphatic rings. The summed E-state index contributed by atoms with van der Waals surface area (Å²) >= 11 is 0. The van der Waals surface area contributed by atoms with E-state index < -0.39 is 0 Å². The lowest BCUT2D eigenvalue weighted by atomic mass is 9.73. The molecule has 2 aliphatic carbocycles. The fourth-order valence-corrected chi connectivity index (χ4v) is 2.97. The Bertz CT molecular complexity index is 306. The Balaban J connectivity index is 2.16. The Morgan fingerprint density at radius 1 is 1.07 bits per heavy atom. The molecule has 0 saturated carbocycles. The molecule has 4 unspecified atom stereocenters. The van der Waals surface area contributed by atoms with Crippen molar-refractivity contribution >= 4 is 0 Å². The normalized spacial score (nSPS) is 40.3. The highest BCUT2D eigenvalue weighted by Crippen LogP contribution is 2.37. The highest BCUT2D eigenvalue weighted by Gasteiger charge is 2.26. The highest BCUT2D eigenvalue weighted by molar-refractivity contribution is 5.26. The molecule has 0 heteroatoms. The Morgan fingerprint density at radius 2 is 1.80 bits per heavy atom. The fraction of sp³-hybridized carbons (Fsp3) is 0.600. The molecule has 0 heterocycles. The molecule has 15 heavy (non-hydrogen) atoms. The molecule has 0 nitrogen and oxygen atoms in total. The van der Waals surface area contributed by atoms with E-state index in [4.69, 9.17) is 0 Å². The first kappa shape index (κ1) is 10.7. The van der Waals surface area contributed by atoms with Gasteiger partial charge in [0.2, 0.25) is 0 Å². The summed E-state index contributed by atoms with van der Waals surface area (Å²) in [7, 11) is 0. The number of hydrogen-bond donors (Lipinski definition) is 0. The molecule has 2 rings (SSSR count). The van der Waals surface area contributed by atoms with Crippen molar-refractivity contribution in [2.75, 3.05) is 0 Å². The zero-order valence-electron chi connectivity index (χ0n) is 10.1. The van der Waals surface area contributed by atoms with Gasteiger partial charge in [-0.1, -0.05) is 56.7 Å². The van der Waals surface area contributed by atoms with Crippen LogP contribution in [0.2, 0.25) is 0 Å². The average molecular weight is 202 g/mol. The molecular formula is C15H22. The van der Waals surface area contributed by atoms with Crippen molar-refractivity contribution in [1.29, 1.82) is 0 Å². The summed E-state index contributed by atoms with van der Waals surface area (Å²) in [6.45, 7) is 7.08. The maximum absolute atomic E-state index is 2.50. The van der Waals surface area contributed by atoms with Gasteiger partial charge in [0, 0.05) is 5.92 Å². The second kappa shape index (κ2) is 4.38. The molecule has 0 aromatic heterocycles. The summed E-state index contributed by atoms with van der Waals surface area (Å²) in [5, 5.41) is 0. The maximum atomic E-state index is 2.50. The van der Waals surface area contributed by atoms with Crippen LogP contribution in [0.3, 0.4) is 0 Å². The van der Waals surface area contributed by atoms with Gasteiger partial charge in [-0.15, -0.1) is 0 Å². The Labute approximate surface area is 93.8 Å².